The molecule has 2 aromatic carbocycles. The zero-order valence-electron chi connectivity index (χ0n) is 16.0. The van der Waals surface area contributed by atoms with E-state index >= 15 is 0 Å². The van der Waals surface area contributed by atoms with Crippen molar-refractivity contribution in [2.75, 3.05) is 24.5 Å². The maximum absolute atomic E-state index is 13.0. The van der Waals surface area contributed by atoms with Crippen molar-refractivity contribution in [2.45, 2.75) is 37.4 Å². The molecule has 0 radical (unpaired) electrons. The standard InChI is InChI=1S/C22H20ClF3N2O2/c23-18-10-14(22(24,25)26)3-4-15(18)13-8-12-2-1-6-28-19-5-7-27(21(29)30)11-17(19)16(9-13)20(12)28/h3-4,8-10,17,19H,1-2,5-7,11H2,(H,29,30). The minimum atomic E-state index is -4.44. The lowest BCUT2D eigenvalue weighted by Crippen LogP contribution is -2.48. The number of alkyl halides is 3. The van der Waals surface area contributed by atoms with E-state index in [0.717, 1.165) is 49.1 Å². The molecule has 0 aromatic heterocycles. The fourth-order valence-corrected chi connectivity index (χ4v) is 5.59. The van der Waals surface area contributed by atoms with Crippen molar-refractivity contribution in [3.8, 4) is 11.1 Å². The maximum Gasteiger partial charge on any atom is 0.416 e. The van der Waals surface area contributed by atoms with Gasteiger partial charge in [-0.15, -0.1) is 0 Å². The first-order valence-corrected chi connectivity index (χ1v) is 10.4. The molecule has 3 aliphatic rings. The highest BCUT2D eigenvalue weighted by atomic mass is 35.5. The average Bonchev–Trinajstić information content (AvgIpc) is 3.02. The van der Waals surface area contributed by atoms with E-state index in [0.29, 0.717) is 18.7 Å². The van der Waals surface area contributed by atoms with Gasteiger partial charge in [-0.05, 0) is 60.2 Å². The third-order valence-corrected chi connectivity index (χ3v) is 6.92. The zero-order valence-corrected chi connectivity index (χ0v) is 16.8. The molecule has 1 N–H and O–H groups in total. The van der Waals surface area contributed by atoms with Crippen LogP contribution in [-0.4, -0.2) is 41.8 Å². The fourth-order valence-electron chi connectivity index (χ4n) is 5.30. The number of nitrogens with zero attached hydrogens (tertiary/aromatic N) is 2. The van der Waals surface area contributed by atoms with Gasteiger partial charge in [0, 0.05) is 47.9 Å². The number of benzene rings is 2. The Kier molecular flexibility index (Phi) is 4.43. The van der Waals surface area contributed by atoms with Crippen LogP contribution in [0.25, 0.3) is 11.1 Å². The van der Waals surface area contributed by atoms with Crippen molar-refractivity contribution in [1.82, 2.24) is 4.90 Å². The predicted octanol–water partition coefficient (Wildman–Crippen LogP) is 5.63. The Balaban J connectivity index is 1.60. The molecule has 30 heavy (non-hydrogen) atoms. The highest BCUT2D eigenvalue weighted by molar-refractivity contribution is 6.33. The molecule has 2 atom stereocenters. The first kappa shape index (κ1) is 19.5. The largest absolute Gasteiger partial charge is 0.465 e. The number of aryl methyl sites for hydroxylation is 1. The molecular formula is C22H20ClF3N2O2. The average molecular weight is 437 g/mol. The second kappa shape index (κ2) is 6.80. The third-order valence-electron chi connectivity index (χ3n) is 6.60. The lowest BCUT2D eigenvalue weighted by Gasteiger charge is -2.39. The number of amides is 1. The Bertz CT molecular complexity index is 1040. The van der Waals surface area contributed by atoms with Crippen molar-refractivity contribution in [3.05, 3.63) is 52.0 Å². The molecular weight excluding hydrogens is 417 g/mol. The van der Waals surface area contributed by atoms with Gasteiger partial charge in [0.25, 0.3) is 0 Å². The van der Waals surface area contributed by atoms with Gasteiger partial charge in [0.05, 0.1) is 5.56 Å². The van der Waals surface area contributed by atoms with Crippen LogP contribution < -0.4 is 4.90 Å². The molecule has 0 spiro atoms. The lowest BCUT2D eigenvalue weighted by atomic mass is 9.86. The van der Waals surface area contributed by atoms with E-state index in [4.69, 9.17) is 11.6 Å². The van der Waals surface area contributed by atoms with Gasteiger partial charge in [-0.3, -0.25) is 0 Å². The normalized spacial score (nSPS) is 22.7. The van der Waals surface area contributed by atoms with E-state index in [-0.39, 0.29) is 17.0 Å². The molecule has 1 amide bonds. The van der Waals surface area contributed by atoms with E-state index in [1.807, 2.05) is 12.1 Å². The van der Waals surface area contributed by atoms with E-state index < -0.39 is 17.8 Å². The summed E-state index contributed by atoms with van der Waals surface area (Å²) in [6.45, 7) is 1.91. The minimum Gasteiger partial charge on any atom is -0.465 e. The fraction of sp³-hybridized carbons (Fsp3) is 0.409. The summed E-state index contributed by atoms with van der Waals surface area (Å²) in [5, 5.41) is 9.52. The highest BCUT2D eigenvalue weighted by Crippen LogP contribution is 2.50. The highest BCUT2D eigenvalue weighted by Gasteiger charge is 2.45. The van der Waals surface area contributed by atoms with E-state index in [9.17, 15) is 23.1 Å². The summed E-state index contributed by atoms with van der Waals surface area (Å²) in [7, 11) is 0. The summed E-state index contributed by atoms with van der Waals surface area (Å²) >= 11 is 6.26. The Morgan fingerprint density at radius 1 is 1.17 bits per heavy atom. The van der Waals surface area contributed by atoms with E-state index in [1.165, 1.54) is 22.2 Å². The van der Waals surface area contributed by atoms with Crippen LogP contribution in [0.4, 0.5) is 23.7 Å². The smallest absolute Gasteiger partial charge is 0.416 e. The number of anilines is 1. The number of piperidine rings is 1. The first-order valence-electron chi connectivity index (χ1n) is 10.0. The predicted molar refractivity (Wildman–Crippen MR) is 108 cm³/mol. The van der Waals surface area contributed by atoms with Gasteiger partial charge in [-0.2, -0.15) is 13.2 Å². The molecule has 0 bridgehead atoms. The molecule has 5 rings (SSSR count). The Hall–Kier alpha value is -2.41. The first-order chi connectivity index (χ1) is 14.2. The van der Waals surface area contributed by atoms with Crippen molar-refractivity contribution in [3.63, 3.8) is 0 Å². The van der Waals surface area contributed by atoms with E-state index in [1.54, 1.807) is 0 Å². The van der Waals surface area contributed by atoms with Gasteiger partial charge in [0.1, 0.15) is 0 Å². The number of halogens is 4. The van der Waals surface area contributed by atoms with Gasteiger partial charge in [0.15, 0.2) is 0 Å². The molecule has 4 nitrogen and oxygen atoms in total. The van der Waals surface area contributed by atoms with Crippen LogP contribution in [0.15, 0.2) is 30.3 Å². The quantitative estimate of drug-likeness (QED) is 0.630. The molecule has 0 saturated carbocycles. The van der Waals surface area contributed by atoms with Gasteiger partial charge in [0.2, 0.25) is 0 Å². The van der Waals surface area contributed by atoms with Crippen LogP contribution >= 0.6 is 11.6 Å². The van der Waals surface area contributed by atoms with Crippen LogP contribution in [0.5, 0.6) is 0 Å². The molecule has 8 heteroatoms. The number of hydrogen-bond acceptors (Lipinski definition) is 2. The van der Waals surface area contributed by atoms with Crippen LogP contribution in [0, 0.1) is 0 Å². The van der Waals surface area contributed by atoms with Crippen LogP contribution in [0.2, 0.25) is 5.02 Å². The molecule has 1 fully saturated rings. The summed E-state index contributed by atoms with van der Waals surface area (Å²) in [6, 6.07) is 7.76. The van der Waals surface area contributed by atoms with Gasteiger partial charge in [-0.1, -0.05) is 17.7 Å². The molecule has 158 valence electrons. The van der Waals surface area contributed by atoms with Crippen LogP contribution in [-0.2, 0) is 12.6 Å². The van der Waals surface area contributed by atoms with Crippen molar-refractivity contribution in [1.29, 1.82) is 0 Å². The Morgan fingerprint density at radius 2 is 1.97 bits per heavy atom. The van der Waals surface area contributed by atoms with Gasteiger partial charge < -0.3 is 14.9 Å². The topological polar surface area (TPSA) is 43.8 Å². The number of carbonyl (C=O) groups is 1. The van der Waals surface area contributed by atoms with Crippen LogP contribution in [0.1, 0.15) is 35.4 Å². The number of likely N-dealkylation sites (tertiary alicyclic amines) is 1. The summed E-state index contributed by atoms with van der Waals surface area (Å²) in [5.41, 5.74) is 4.03. The van der Waals surface area contributed by atoms with Crippen molar-refractivity contribution < 1.29 is 23.1 Å². The summed E-state index contributed by atoms with van der Waals surface area (Å²) in [6.07, 6.45) is -2.68. The molecule has 3 aliphatic heterocycles. The molecule has 2 aromatic rings. The lowest BCUT2D eigenvalue weighted by molar-refractivity contribution is -0.137. The molecule has 1 saturated heterocycles. The number of rotatable bonds is 1. The van der Waals surface area contributed by atoms with Crippen molar-refractivity contribution in [2.24, 2.45) is 0 Å². The van der Waals surface area contributed by atoms with Gasteiger partial charge in [-0.25, -0.2) is 4.79 Å². The Labute approximate surface area is 176 Å². The summed E-state index contributed by atoms with van der Waals surface area (Å²) in [5.74, 6) is 0.0647. The van der Waals surface area contributed by atoms with E-state index in [2.05, 4.69) is 4.90 Å². The number of hydrogen-bond donors (Lipinski definition) is 1. The molecule has 0 aliphatic carbocycles. The second-order valence-corrected chi connectivity index (χ2v) is 8.66. The van der Waals surface area contributed by atoms with Gasteiger partial charge >= 0.3 is 12.3 Å². The molecule has 2 unspecified atom stereocenters. The zero-order chi connectivity index (χ0) is 21.2. The SMILES string of the molecule is O=C(O)N1CCC2C(C1)c1cc(-c3ccc(C(F)(F)F)cc3Cl)cc3c1N2CCC3. The Morgan fingerprint density at radius 3 is 2.67 bits per heavy atom. The number of carboxylic acid groups (broad SMARTS) is 1. The third kappa shape index (κ3) is 3.02. The van der Waals surface area contributed by atoms with Crippen molar-refractivity contribution >= 4 is 23.4 Å². The van der Waals surface area contributed by atoms with Crippen LogP contribution in [0.3, 0.4) is 0 Å². The minimum absolute atomic E-state index is 0.0647. The maximum atomic E-state index is 13.0. The summed E-state index contributed by atoms with van der Waals surface area (Å²) < 4.78 is 39.1. The number of fused-ring (bicyclic) bond motifs is 3. The second-order valence-electron chi connectivity index (χ2n) is 8.25. The monoisotopic (exact) mass is 436 g/mol. The molecule has 3 heterocycles. The summed E-state index contributed by atoms with van der Waals surface area (Å²) in [4.78, 5) is 15.4.